The molecule has 1 saturated carbocycles. The van der Waals surface area contributed by atoms with Crippen LogP contribution in [-0.2, 0) is 0 Å². The molecule has 0 saturated heterocycles. The summed E-state index contributed by atoms with van der Waals surface area (Å²) in [5, 5.41) is 9.59. The van der Waals surface area contributed by atoms with Crippen LogP contribution in [0, 0.1) is 23.7 Å². The maximum Gasteiger partial charge on any atom is 0.0571 e. The molecular formula is C10H20O. The van der Waals surface area contributed by atoms with Crippen molar-refractivity contribution in [2.75, 3.05) is 0 Å². The topological polar surface area (TPSA) is 20.2 Å². The molecule has 0 spiro atoms. The van der Waals surface area contributed by atoms with Gasteiger partial charge in [0.1, 0.15) is 0 Å². The Morgan fingerprint density at radius 2 is 1.73 bits per heavy atom. The number of aliphatic hydroxyl groups is 1. The zero-order chi connectivity index (χ0) is 8.59. The van der Waals surface area contributed by atoms with E-state index in [0.717, 1.165) is 18.3 Å². The molecule has 0 bridgehead atoms. The lowest BCUT2D eigenvalue weighted by Crippen LogP contribution is -2.15. The van der Waals surface area contributed by atoms with Gasteiger partial charge in [0.25, 0.3) is 0 Å². The average Bonchev–Trinajstić information content (AvgIpc) is 2.17. The van der Waals surface area contributed by atoms with Gasteiger partial charge in [-0.05, 0) is 30.1 Å². The van der Waals surface area contributed by atoms with Gasteiger partial charge in [0.2, 0.25) is 0 Å². The third kappa shape index (κ3) is 1.58. The molecule has 1 aliphatic carbocycles. The SMILES string of the molecule is CC(C)[C@@H]1CC(O)[C@H](C)[C@H]1C. The number of rotatable bonds is 1. The van der Waals surface area contributed by atoms with Crippen LogP contribution in [0.3, 0.4) is 0 Å². The molecule has 0 heterocycles. The summed E-state index contributed by atoms with van der Waals surface area (Å²) in [4.78, 5) is 0. The molecule has 0 radical (unpaired) electrons. The quantitative estimate of drug-likeness (QED) is 0.617. The van der Waals surface area contributed by atoms with E-state index in [1.165, 1.54) is 0 Å². The highest BCUT2D eigenvalue weighted by molar-refractivity contribution is 4.87. The summed E-state index contributed by atoms with van der Waals surface area (Å²) in [7, 11) is 0. The van der Waals surface area contributed by atoms with E-state index in [1.54, 1.807) is 0 Å². The molecule has 1 fully saturated rings. The van der Waals surface area contributed by atoms with Gasteiger partial charge in [-0.1, -0.05) is 27.7 Å². The molecule has 0 aromatic carbocycles. The largest absolute Gasteiger partial charge is 0.393 e. The number of hydrogen-bond acceptors (Lipinski definition) is 1. The minimum atomic E-state index is -0.0441. The van der Waals surface area contributed by atoms with Gasteiger partial charge < -0.3 is 5.11 Å². The molecule has 1 N–H and O–H groups in total. The van der Waals surface area contributed by atoms with Crippen molar-refractivity contribution in [1.29, 1.82) is 0 Å². The van der Waals surface area contributed by atoms with E-state index in [0.29, 0.717) is 11.8 Å². The summed E-state index contributed by atoms with van der Waals surface area (Å²) in [5.74, 6) is 2.66. The van der Waals surface area contributed by atoms with Crippen LogP contribution in [0.25, 0.3) is 0 Å². The van der Waals surface area contributed by atoms with E-state index in [2.05, 4.69) is 27.7 Å². The summed E-state index contributed by atoms with van der Waals surface area (Å²) in [6, 6.07) is 0. The lowest BCUT2D eigenvalue weighted by Gasteiger charge is -2.20. The predicted molar refractivity (Wildman–Crippen MR) is 47.3 cm³/mol. The maximum absolute atomic E-state index is 9.59. The lowest BCUT2D eigenvalue weighted by molar-refractivity contribution is 0.130. The van der Waals surface area contributed by atoms with E-state index < -0.39 is 0 Å². The van der Waals surface area contributed by atoms with Crippen LogP contribution in [-0.4, -0.2) is 11.2 Å². The van der Waals surface area contributed by atoms with Crippen LogP contribution in [0.4, 0.5) is 0 Å². The monoisotopic (exact) mass is 156 g/mol. The zero-order valence-electron chi connectivity index (χ0n) is 8.04. The summed E-state index contributed by atoms with van der Waals surface area (Å²) in [5.41, 5.74) is 0. The van der Waals surface area contributed by atoms with Crippen molar-refractivity contribution in [2.45, 2.75) is 40.2 Å². The minimum absolute atomic E-state index is 0.0441. The first-order chi connectivity index (χ1) is 5.04. The fourth-order valence-electron chi connectivity index (χ4n) is 2.33. The van der Waals surface area contributed by atoms with Crippen LogP contribution in [0.1, 0.15) is 34.1 Å². The van der Waals surface area contributed by atoms with Gasteiger partial charge in [-0.3, -0.25) is 0 Å². The summed E-state index contributed by atoms with van der Waals surface area (Å²) in [6.07, 6.45) is 0.970. The van der Waals surface area contributed by atoms with Crippen LogP contribution in [0.15, 0.2) is 0 Å². The first kappa shape index (κ1) is 9.05. The van der Waals surface area contributed by atoms with E-state index in [9.17, 15) is 5.11 Å². The van der Waals surface area contributed by atoms with Crippen LogP contribution in [0.2, 0.25) is 0 Å². The Bertz CT molecular complexity index is 131. The van der Waals surface area contributed by atoms with E-state index in [4.69, 9.17) is 0 Å². The first-order valence-corrected chi connectivity index (χ1v) is 4.72. The molecule has 1 nitrogen and oxygen atoms in total. The van der Waals surface area contributed by atoms with Crippen molar-refractivity contribution >= 4 is 0 Å². The highest BCUT2D eigenvalue weighted by Crippen LogP contribution is 2.40. The van der Waals surface area contributed by atoms with Crippen molar-refractivity contribution in [3.05, 3.63) is 0 Å². The molecule has 4 atom stereocenters. The zero-order valence-corrected chi connectivity index (χ0v) is 8.04. The van der Waals surface area contributed by atoms with E-state index >= 15 is 0 Å². The summed E-state index contributed by atoms with van der Waals surface area (Å²) in [6.45, 7) is 8.95. The molecule has 1 rings (SSSR count). The standard InChI is InChI=1S/C10H20O/c1-6(2)9-5-10(11)8(4)7(9)3/h6-11H,5H2,1-4H3/t7-,8-,9+,10?/m1/s1. The molecule has 66 valence electrons. The van der Waals surface area contributed by atoms with Gasteiger partial charge in [-0.15, -0.1) is 0 Å². The lowest BCUT2D eigenvalue weighted by atomic mass is 9.85. The van der Waals surface area contributed by atoms with Crippen LogP contribution >= 0.6 is 0 Å². The Morgan fingerprint density at radius 3 is 1.91 bits per heavy atom. The summed E-state index contributed by atoms with van der Waals surface area (Å²) < 4.78 is 0. The Balaban J connectivity index is 2.59. The maximum atomic E-state index is 9.59. The van der Waals surface area contributed by atoms with Crippen LogP contribution in [0.5, 0.6) is 0 Å². The highest BCUT2D eigenvalue weighted by atomic mass is 16.3. The smallest absolute Gasteiger partial charge is 0.0571 e. The van der Waals surface area contributed by atoms with Crippen molar-refractivity contribution in [1.82, 2.24) is 0 Å². The molecule has 0 aromatic rings. The second kappa shape index (κ2) is 3.14. The molecule has 1 unspecified atom stereocenters. The fraction of sp³-hybridized carbons (Fsp3) is 1.00. The van der Waals surface area contributed by atoms with Crippen molar-refractivity contribution in [3.63, 3.8) is 0 Å². The second-order valence-corrected chi connectivity index (χ2v) is 4.43. The van der Waals surface area contributed by atoms with Gasteiger partial charge in [-0.2, -0.15) is 0 Å². The van der Waals surface area contributed by atoms with Gasteiger partial charge in [0.05, 0.1) is 6.10 Å². The predicted octanol–water partition coefficient (Wildman–Crippen LogP) is 2.30. The Labute approximate surface area is 69.8 Å². The summed E-state index contributed by atoms with van der Waals surface area (Å²) >= 11 is 0. The van der Waals surface area contributed by atoms with Crippen molar-refractivity contribution < 1.29 is 5.11 Å². The van der Waals surface area contributed by atoms with Crippen molar-refractivity contribution in [3.8, 4) is 0 Å². The third-order valence-corrected chi connectivity index (χ3v) is 3.48. The number of aliphatic hydroxyl groups excluding tert-OH is 1. The normalized spacial score (nSPS) is 45.3. The van der Waals surface area contributed by atoms with Gasteiger partial charge >= 0.3 is 0 Å². The third-order valence-electron chi connectivity index (χ3n) is 3.48. The van der Waals surface area contributed by atoms with E-state index in [1.807, 2.05) is 0 Å². The molecule has 11 heavy (non-hydrogen) atoms. The average molecular weight is 156 g/mol. The Morgan fingerprint density at radius 1 is 1.18 bits per heavy atom. The molecule has 0 aromatic heterocycles. The highest BCUT2D eigenvalue weighted by Gasteiger charge is 2.37. The second-order valence-electron chi connectivity index (χ2n) is 4.43. The van der Waals surface area contributed by atoms with E-state index in [-0.39, 0.29) is 6.10 Å². The van der Waals surface area contributed by atoms with Gasteiger partial charge in [0.15, 0.2) is 0 Å². The molecule has 0 aliphatic heterocycles. The Kier molecular flexibility index (Phi) is 2.58. The fourth-order valence-corrected chi connectivity index (χ4v) is 2.33. The number of hydrogen-bond donors (Lipinski definition) is 1. The molecule has 1 aliphatic rings. The van der Waals surface area contributed by atoms with Crippen molar-refractivity contribution in [2.24, 2.45) is 23.7 Å². The van der Waals surface area contributed by atoms with Crippen LogP contribution < -0.4 is 0 Å². The van der Waals surface area contributed by atoms with Gasteiger partial charge in [-0.25, -0.2) is 0 Å². The Hall–Kier alpha value is -0.0400. The first-order valence-electron chi connectivity index (χ1n) is 4.72. The molecular weight excluding hydrogens is 136 g/mol. The molecule has 0 amide bonds. The van der Waals surface area contributed by atoms with Gasteiger partial charge in [0, 0.05) is 0 Å². The molecule has 1 heteroatoms. The minimum Gasteiger partial charge on any atom is -0.393 e.